The van der Waals surface area contributed by atoms with Gasteiger partial charge in [-0.2, -0.15) is 0 Å². The molecule has 0 saturated carbocycles. The summed E-state index contributed by atoms with van der Waals surface area (Å²) < 4.78 is 45.8. The number of benzene rings is 2. The molecule has 28 heavy (non-hydrogen) atoms. The number of aliphatic carboxylic acids is 1. The van der Waals surface area contributed by atoms with Gasteiger partial charge in [0.25, 0.3) is 15.9 Å². The number of nitrogens with two attached hydrogens (primary N) is 1. The van der Waals surface area contributed by atoms with Crippen molar-refractivity contribution in [3.8, 4) is 5.75 Å². The van der Waals surface area contributed by atoms with Gasteiger partial charge in [0.15, 0.2) is 11.6 Å². The van der Waals surface area contributed by atoms with Crippen LogP contribution in [-0.2, 0) is 14.8 Å². The van der Waals surface area contributed by atoms with Gasteiger partial charge in [0, 0.05) is 13.5 Å². The molecule has 2 aromatic rings. The fraction of sp³-hybridized carbons (Fsp3) is 0.222. The number of carboxylic acids is 1. The minimum absolute atomic E-state index is 0.00688. The number of para-hydroxylation sites is 1. The van der Waals surface area contributed by atoms with Crippen LogP contribution in [0.15, 0.2) is 47.4 Å². The summed E-state index contributed by atoms with van der Waals surface area (Å²) in [5, 5.41) is 8.56. The van der Waals surface area contributed by atoms with Crippen LogP contribution in [0.2, 0.25) is 0 Å². The monoisotopic (exact) mass is 410 g/mol. The van der Waals surface area contributed by atoms with Crippen LogP contribution in [-0.4, -0.2) is 39.1 Å². The first-order chi connectivity index (χ1) is 13.1. The van der Waals surface area contributed by atoms with Crippen LogP contribution in [0.5, 0.6) is 5.75 Å². The molecule has 3 N–H and O–H groups in total. The summed E-state index contributed by atoms with van der Waals surface area (Å²) in [6, 6.07) is 8.99. The highest BCUT2D eigenvalue weighted by Crippen LogP contribution is 2.28. The minimum atomic E-state index is -4.17. The number of ether oxygens (including phenoxy) is 1. The minimum Gasteiger partial charge on any atom is -0.491 e. The van der Waals surface area contributed by atoms with Gasteiger partial charge >= 0.3 is 5.97 Å². The molecule has 0 saturated heterocycles. The Morgan fingerprint density at radius 3 is 2.50 bits per heavy atom. The number of amides is 1. The zero-order valence-corrected chi connectivity index (χ0v) is 15.8. The molecular formula is C18H19FN2O6S. The maximum atomic E-state index is 14.2. The first-order valence-electron chi connectivity index (χ1n) is 8.16. The summed E-state index contributed by atoms with van der Waals surface area (Å²) in [4.78, 5) is 21.6. The quantitative estimate of drug-likeness (QED) is 0.609. The number of rotatable bonds is 9. The van der Waals surface area contributed by atoms with Crippen LogP contribution in [0, 0.1) is 5.82 Å². The van der Waals surface area contributed by atoms with Crippen LogP contribution in [0.1, 0.15) is 23.2 Å². The number of halogens is 1. The van der Waals surface area contributed by atoms with E-state index in [1.807, 2.05) is 0 Å². The summed E-state index contributed by atoms with van der Waals surface area (Å²) >= 11 is 0. The summed E-state index contributed by atoms with van der Waals surface area (Å²) in [5.41, 5.74) is 5.35. The zero-order valence-electron chi connectivity index (χ0n) is 15.0. The number of nitrogens with zero attached hydrogens (tertiary/aromatic N) is 1. The van der Waals surface area contributed by atoms with E-state index in [9.17, 15) is 22.4 Å². The molecule has 0 unspecified atom stereocenters. The Kier molecular flexibility index (Phi) is 6.57. The molecule has 0 radical (unpaired) electrons. The molecule has 0 atom stereocenters. The van der Waals surface area contributed by atoms with Crippen LogP contribution >= 0.6 is 0 Å². The molecule has 0 spiro atoms. The van der Waals surface area contributed by atoms with Crippen molar-refractivity contribution in [1.82, 2.24) is 0 Å². The van der Waals surface area contributed by atoms with E-state index < -0.39 is 27.7 Å². The van der Waals surface area contributed by atoms with E-state index in [1.165, 1.54) is 19.2 Å². The number of carbonyl (C=O) groups is 2. The van der Waals surface area contributed by atoms with Crippen LogP contribution < -0.4 is 14.8 Å². The lowest BCUT2D eigenvalue weighted by Crippen LogP contribution is -2.29. The summed E-state index contributed by atoms with van der Waals surface area (Å²) in [6.07, 6.45) is 0.0552. The maximum Gasteiger partial charge on any atom is 0.303 e. The van der Waals surface area contributed by atoms with Crippen molar-refractivity contribution < 1.29 is 32.2 Å². The predicted molar refractivity (Wildman–Crippen MR) is 99.3 cm³/mol. The Morgan fingerprint density at radius 2 is 1.89 bits per heavy atom. The van der Waals surface area contributed by atoms with Crippen molar-refractivity contribution in [2.24, 2.45) is 5.73 Å². The molecule has 0 aromatic heterocycles. The van der Waals surface area contributed by atoms with Gasteiger partial charge in [-0.15, -0.1) is 0 Å². The Balaban J connectivity index is 2.25. The third kappa shape index (κ3) is 4.77. The normalized spacial score (nSPS) is 11.1. The van der Waals surface area contributed by atoms with E-state index in [0.29, 0.717) is 0 Å². The molecule has 8 nitrogen and oxygen atoms in total. The molecule has 0 aliphatic rings. The molecule has 0 fully saturated rings. The molecule has 2 aromatic carbocycles. The zero-order chi connectivity index (χ0) is 20.9. The lowest BCUT2D eigenvalue weighted by atomic mass is 10.2. The average molecular weight is 410 g/mol. The Morgan fingerprint density at radius 1 is 1.21 bits per heavy atom. The molecule has 0 heterocycles. The van der Waals surface area contributed by atoms with Gasteiger partial charge in [0.05, 0.1) is 22.8 Å². The lowest BCUT2D eigenvalue weighted by Gasteiger charge is -2.21. The smallest absolute Gasteiger partial charge is 0.303 e. The third-order valence-electron chi connectivity index (χ3n) is 3.86. The summed E-state index contributed by atoms with van der Waals surface area (Å²) in [7, 11) is -2.94. The standard InChI is InChI=1S/C18H19FN2O6S/c1-21(15-6-3-2-5-13(15)18(20)24)28(25,26)12-8-9-16(14(19)11-12)27-10-4-7-17(22)23/h2-3,5-6,8-9,11H,4,7,10H2,1H3,(H2,20,24)(H,22,23). The third-order valence-corrected chi connectivity index (χ3v) is 5.63. The molecule has 150 valence electrons. The van der Waals surface area contributed by atoms with Gasteiger partial charge in [-0.05, 0) is 36.8 Å². The van der Waals surface area contributed by atoms with E-state index in [-0.39, 0.29) is 41.3 Å². The lowest BCUT2D eigenvalue weighted by molar-refractivity contribution is -0.137. The number of primary amides is 1. The van der Waals surface area contributed by atoms with Crippen molar-refractivity contribution in [2.75, 3.05) is 18.0 Å². The van der Waals surface area contributed by atoms with E-state index in [2.05, 4.69) is 0 Å². The molecular weight excluding hydrogens is 391 g/mol. The fourth-order valence-corrected chi connectivity index (χ4v) is 3.64. The first-order valence-corrected chi connectivity index (χ1v) is 9.60. The number of sulfonamides is 1. The second kappa shape index (κ2) is 8.70. The Labute approximate surface area is 161 Å². The van der Waals surface area contributed by atoms with Crippen molar-refractivity contribution >= 4 is 27.6 Å². The molecule has 10 heteroatoms. The SMILES string of the molecule is CN(c1ccccc1C(N)=O)S(=O)(=O)c1ccc(OCCCC(=O)O)c(F)c1. The molecule has 0 bridgehead atoms. The van der Waals surface area contributed by atoms with E-state index in [1.54, 1.807) is 12.1 Å². The Bertz CT molecular complexity index is 993. The molecule has 1 amide bonds. The number of hydrogen-bond donors (Lipinski definition) is 2. The highest BCUT2D eigenvalue weighted by Gasteiger charge is 2.25. The highest BCUT2D eigenvalue weighted by atomic mass is 32.2. The molecule has 0 aliphatic heterocycles. The van der Waals surface area contributed by atoms with Crippen LogP contribution in [0.3, 0.4) is 0 Å². The van der Waals surface area contributed by atoms with Crippen molar-refractivity contribution in [2.45, 2.75) is 17.7 Å². The average Bonchev–Trinajstić information content (AvgIpc) is 2.65. The number of anilines is 1. The summed E-state index contributed by atoms with van der Waals surface area (Å²) in [6.45, 7) is -0.0266. The second-order valence-corrected chi connectivity index (χ2v) is 7.76. The maximum absolute atomic E-state index is 14.2. The van der Waals surface area contributed by atoms with Crippen LogP contribution in [0.4, 0.5) is 10.1 Å². The van der Waals surface area contributed by atoms with Crippen LogP contribution in [0.25, 0.3) is 0 Å². The molecule has 0 aliphatic carbocycles. The van der Waals surface area contributed by atoms with Crippen molar-refractivity contribution in [3.63, 3.8) is 0 Å². The topological polar surface area (TPSA) is 127 Å². The van der Waals surface area contributed by atoms with Gasteiger partial charge in [-0.25, -0.2) is 12.8 Å². The van der Waals surface area contributed by atoms with Gasteiger partial charge < -0.3 is 15.6 Å². The molecule has 2 rings (SSSR count). The van der Waals surface area contributed by atoms with E-state index >= 15 is 0 Å². The van der Waals surface area contributed by atoms with Gasteiger partial charge in [-0.3, -0.25) is 13.9 Å². The van der Waals surface area contributed by atoms with E-state index in [4.69, 9.17) is 15.6 Å². The fourth-order valence-electron chi connectivity index (χ4n) is 2.41. The van der Waals surface area contributed by atoms with Crippen molar-refractivity contribution in [3.05, 3.63) is 53.8 Å². The largest absolute Gasteiger partial charge is 0.491 e. The predicted octanol–water partition coefficient (Wildman–Crippen LogP) is 1.99. The van der Waals surface area contributed by atoms with Crippen molar-refractivity contribution in [1.29, 1.82) is 0 Å². The summed E-state index contributed by atoms with van der Waals surface area (Å²) in [5.74, 6) is -2.89. The first kappa shape index (κ1) is 21.2. The highest BCUT2D eigenvalue weighted by molar-refractivity contribution is 7.92. The second-order valence-electron chi connectivity index (χ2n) is 5.79. The Hall–Kier alpha value is -3.14. The van der Waals surface area contributed by atoms with Gasteiger partial charge in [0.1, 0.15) is 0 Å². The van der Waals surface area contributed by atoms with E-state index in [0.717, 1.165) is 22.5 Å². The number of carbonyl (C=O) groups excluding carboxylic acids is 1. The number of hydrogen-bond acceptors (Lipinski definition) is 5. The number of carboxylic acid groups (broad SMARTS) is 1. The van der Waals surface area contributed by atoms with Gasteiger partial charge in [0.2, 0.25) is 0 Å². The van der Waals surface area contributed by atoms with Gasteiger partial charge in [-0.1, -0.05) is 12.1 Å².